The highest BCUT2D eigenvalue weighted by atomic mass is 16.5. The molecule has 88 valence electrons. The molecule has 4 unspecified atom stereocenters. The number of carbonyl (C=O) groups excluding carboxylic acids is 2. The van der Waals surface area contributed by atoms with Gasteiger partial charge in [0.1, 0.15) is 6.10 Å². The van der Waals surface area contributed by atoms with Crippen LogP contribution in [0.3, 0.4) is 0 Å². The molecular formula is C12H16O4. The average Bonchev–Trinajstić information content (AvgIpc) is 2.41. The summed E-state index contributed by atoms with van der Waals surface area (Å²) in [4.78, 5) is 23.7. The van der Waals surface area contributed by atoms with E-state index in [9.17, 15) is 9.59 Å². The zero-order valence-electron chi connectivity index (χ0n) is 9.40. The Labute approximate surface area is 94.3 Å². The Balaban J connectivity index is 1.98. The van der Waals surface area contributed by atoms with Gasteiger partial charge >= 0.3 is 11.9 Å². The van der Waals surface area contributed by atoms with Crippen molar-refractivity contribution in [1.82, 2.24) is 0 Å². The third-order valence-electron chi connectivity index (χ3n) is 4.38. The van der Waals surface area contributed by atoms with Crippen molar-refractivity contribution in [3.05, 3.63) is 0 Å². The molecule has 2 saturated heterocycles. The van der Waals surface area contributed by atoms with E-state index in [-0.39, 0.29) is 24.0 Å². The largest absolute Gasteiger partial charge is 0.469 e. The van der Waals surface area contributed by atoms with Crippen LogP contribution in [-0.4, -0.2) is 25.2 Å². The molecule has 16 heavy (non-hydrogen) atoms. The molecule has 2 heterocycles. The van der Waals surface area contributed by atoms with Crippen LogP contribution in [0.4, 0.5) is 0 Å². The van der Waals surface area contributed by atoms with E-state index in [1.807, 2.05) is 0 Å². The molecule has 0 radical (unpaired) electrons. The van der Waals surface area contributed by atoms with Crippen molar-refractivity contribution < 1.29 is 19.1 Å². The maximum atomic E-state index is 11.9. The van der Waals surface area contributed by atoms with Gasteiger partial charge in [0.05, 0.1) is 18.4 Å². The molecule has 4 atom stereocenters. The molecule has 4 nitrogen and oxygen atoms in total. The minimum Gasteiger partial charge on any atom is -0.469 e. The van der Waals surface area contributed by atoms with Crippen molar-refractivity contribution in [2.75, 3.05) is 7.11 Å². The van der Waals surface area contributed by atoms with Crippen LogP contribution in [-0.2, 0) is 19.1 Å². The second kappa shape index (κ2) is 3.22. The Morgan fingerprint density at radius 1 is 1.38 bits per heavy atom. The molecule has 4 aliphatic rings. The Hall–Kier alpha value is -1.06. The predicted octanol–water partition coefficient (Wildman–Crippen LogP) is 1.28. The summed E-state index contributed by atoms with van der Waals surface area (Å²) < 4.78 is 10.3. The smallest absolute Gasteiger partial charge is 0.311 e. The first-order valence-corrected chi connectivity index (χ1v) is 5.92. The molecule has 4 fully saturated rings. The molecule has 0 aromatic rings. The first-order valence-electron chi connectivity index (χ1n) is 5.92. The fraction of sp³-hybridized carbons (Fsp3) is 0.833. The summed E-state index contributed by atoms with van der Waals surface area (Å²) in [6.45, 7) is 0. The van der Waals surface area contributed by atoms with Gasteiger partial charge in [0.25, 0.3) is 0 Å². The summed E-state index contributed by atoms with van der Waals surface area (Å²) in [6.07, 6.45) is 3.94. The van der Waals surface area contributed by atoms with E-state index in [0.717, 1.165) is 19.3 Å². The van der Waals surface area contributed by atoms with E-state index in [4.69, 9.17) is 9.47 Å². The average molecular weight is 224 g/mol. The molecule has 4 rings (SSSR count). The number of esters is 2. The van der Waals surface area contributed by atoms with Crippen LogP contribution in [0, 0.1) is 17.3 Å². The van der Waals surface area contributed by atoms with Crippen LogP contribution in [0.2, 0.25) is 0 Å². The quantitative estimate of drug-likeness (QED) is 0.630. The second-order valence-electron chi connectivity index (χ2n) is 5.48. The summed E-state index contributed by atoms with van der Waals surface area (Å²) in [6, 6.07) is 0. The molecule has 2 aliphatic heterocycles. The Bertz CT molecular complexity index is 351. The van der Waals surface area contributed by atoms with E-state index in [0.29, 0.717) is 18.8 Å². The zero-order chi connectivity index (χ0) is 11.3. The maximum Gasteiger partial charge on any atom is 0.311 e. The Morgan fingerprint density at radius 2 is 2.19 bits per heavy atom. The van der Waals surface area contributed by atoms with Crippen LogP contribution in [0.1, 0.15) is 32.1 Å². The molecule has 4 bridgehead atoms. The molecule has 2 saturated carbocycles. The van der Waals surface area contributed by atoms with Crippen LogP contribution < -0.4 is 0 Å². The van der Waals surface area contributed by atoms with Crippen molar-refractivity contribution in [2.45, 2.75) is 38.2 Å². The number of carbonyl (C=O) groups is 2. The molecule has 0 N–H and O–H groups in total. The normalized spacial score (nSPS) is 45.1. The fourth-order valence-electron chi connectivity index (χ4n) is 3.91. The van der Waals surface area contributed by atoms with E-state index < -0.39 is 5.41 Å². The lowest BCUT2D eigenvalue weighted by atomic mass is 9.59. The molecule has 0 amide bonds. The number of rotatable bonds is 1. The van der Waals surface area contributed by atoms with E-state index in [1.165, 1.54) is 7.11 Å². The van der Waals surface area contributed by atoms with Gasteiger partial charge in [-0.05, 0) is 31.6 Å². The zero-order valence-corrected chi connectivity index (χ0v) is 9.40. The van der Waals surface area contributed by atoms with Crippen molar-refractivity contribution in [3.8, 4) is 0 Å². The third-order valence-corrected chi connectivity index (χ3v) is 4.38. The number of methoxy groups -OCH3 is 1. The topological polar surface area (TPSA) is 52.6 Å². The van der Waals surface area contributed by atoms with Crippen LogP contribution in [0.15, 0.2) is 0 Å². The summed E-state index contributed by atoms with van der Waals surface area (Å²) in [7, 11) is 1.43. The molecule has 0 aromatic carbocycles. The van der Waals surface area contributed by atoms with Crippen molar-refractivity contribution >= 4 is 11.9 Å². The Morgan fingerprint density at radius 3 is 2.94 bits per heavy atom. The van der Waals surface area contributed by atoms with E-state index >= 15 is 0 Å². The van der Waals surface area contributed by atoms with Crippen molar-refractivity contribution in [3.63, 3.8) is 0 Å². The maximum absolute atomic E-state index is 11.9. The number of fused-ring (bicyclic) bond motifs is 1. The molecule has 0 aromatic heterocycles. The van der Waals surface area contributed by atoms with Gasteiger partial charge in [-0.25, -0.2) is 0 Å². The number of hydrogen-bond donors (Lipinski definition) is 0. The minimum absolute atomic E-state index is 0.0575. The number of hydrogen-bond acceptors (Lipinski definition) is 4. The van der Waals surface area contributed by atoms with E-state index in [2.05, 4.69) is 0 Å². The van der Waals surface area contributed by atoms with Crippen LogP contribution in [0.5, 0.6) is 0 Å². The highest BCUT2D eigenvalue weighted by molar-refractivity contribution is 5.81. The van der Waals surface area contributed by atoms with Crippen molar-refractivity contribution in [1.29, 1.82) is 0 Å². The lowest BCUT2D eigenvalue weighted by Crippen LogP contribution is -2.45. The Kier molecular flexibility index (Phi) is 2.03. The summed E-state index contributed by atoms with van der Waals surface area (Å²) >= 11 is 0. The van der Waals surface area contributed by atoms with Crippen LogP contribution >= 0.6 is 0 Å². The van der Waals surface area contributed by atoms with Gasteiger partial charge in [0.2, 0.25) is 0 Å². The molecule has 2 aliphatic carbocycles. The van der Waals surface area contributed by atoms with Gasteiger partial charge in [-0.1, -0.05) is 0 Å². The molecule has 0 spiro atoms. The van der Waals surface area contributed by atoms with Gasteiger partial charge in [-0.15, -0.1) is 0 Å². The van der Waals surface area contributed by atoms with Gasteiger partial charge in [0, 0.05) is 6.42 Å². The van der Waals surface area contributed by atoms with Gasteiger partial charge in [0.15, 0.2) is 0 Å². The van der Waals surface area contributed by atoms with Crippen molar-refractivity contribution in [2.24, 2.45) is 17.3 Å². The lowest BCUT2D eigenvalue weighted by Gasteiger charge is -2.43. The standard InChI is InChI=1S/C12H16O4/c1-15-11(14)12-4-7-2-8(5-12)10(13)16-9(3-7)6-12/h7-9H,2-6H2,1H3. The first kappa shape index (κ1) is 10.1. The molecular weight excluding hydrogens is 208 g/mol. The van der Waals surface area contributed by atoms with Gasteiger partial charge < -0.3 is 9.47 Å². The lowest BCUT2D eigenvalue weighted by molar-refractivity contribution is -0.161. The molecule has 4 heteroatoms. The minimum atomic E-state index is -0.433. The highest BCUT2D eigenvalue weighted by Gasteiger charge is 2.56. The van der Waals surface area contributed by atoms with E-state index in [1.54, 1.807) is 0 Å². The first-order chi connectivity index (χ1) is 7.63. The van der Waals surface area contributed by atoms with Crippen LogP contribution in [0.25, 0.3) is 0 Å². The predicted molar refractivity (Wildman–Crippen MR) is 54.4 cm³/mol. The fourth-order valence-corrected chi connectivity index (χ4v) is 3.91. The highest BCUT2D eigenvalue weighted by Crippen LogP contribution is 2.54. The monoisotopic (exact) mass is 224 g/mol. The second-order valence-corrected chi connectivity index (χ2v) is 5.48. The summed E-state index contributed by atoms with van der Waals surface area (Å²) in [5.41, 5.74) is -0.433. The number of ether oxygens (including phenoxy) is 2. The summed E-state index contributed by atoms with van der Waals surface area (Å²) in [5, 5.41) is 0. The summed E-state index contributed by atoms with van der Waals surface area (Å²) in [5.74, 6) is 0.136. The SMILES string of the molecule is COC(=O)C12CC3CC(C1)OC(=O)C(C3)C2. The van der Waals surface area contributed by atoms with Gasteiger partial charge in [-0.3, -0.25) is 9.59 Å². The van der Waals surface area contributed by atoms with Gasteiger partial charge in [-0.2, -0.15) is 0 Å². The third kappa shape index (κ3) is 1.28.